The van der Waals surface area contributed by atoms with Gasteiger partial charge in [0.25, 0.3) is 0 Å². The van der Waals surface area contributed by atoms with Crippen LogP contribution >= 0.6 is 0 Å². The zero-order valence-electron chi connectivity index (χ0n) is 11.3. The summed E-state index contributed by atoms with van der Waals surface area (Å²) in [6.45, 7) is 4.59. The van der Waals surface area contributed by atoms with Gasteiger partial charge in [-0.1, -0.05) is 12.1 Å². The van der Waals surface area contributed by atoms with E-state index in [-0.39, 0.29) is 18.2 Å². The van der Waals surface area contributed by atoms with Gasteiger partial charge in [-0.2, -0.15) is 0 Å². The van der Waals surface area contributed by atoms with Crippen LogP contribution in [-0.2, 0) is 16.0 Å². The van der Waals surface area contributed by atoms with E-state index in [0.29, 0.717) is 18.8 Å². The molecule has 1 heterocycles. The standard InChI is InChI=1S/C14H19N3O2/c1-14(2)13(19)16-7-8-17(14)12(18)9-10-3-5-11(15)6-4-10/h3-6H,7-9,15H2,1-2H3,(H,16,19). The van der Waals surface area contributed by atoms with E-state index < -0.39 is 5.54 Å². The monoisotopic (exact) mass is 261 g/mol. The van der Waals surface area contributed by atoms with E-state index in [0.717, 1.165) is 5.56 Å². The summed E-state index contributed by atoms with van der Waals surface area (Å²) in [6.07, 6.45) is 0.289. The minimum atomic E-state index is -0.789. The molecule has 1 saturated heterocycles. The second-order valence-electron chi connectivity index (χ2n) is 5.28. The van der Waals surface area contributed by atoms with Crippen LogP contribution in [0.1, 0.15) is 19.4 Å². The summed E-state index contributed by atoms with van der Waals surface area (Å²) < 4.78 is 0. The number of nitrogens with zero attached hydrogens (tertiary/aromatic N) is 1. The van der Waals surface area contributed by atoms with Gasteiger partial charge in [0.2, 0.25) is 11.8 Å². The molecule has 0 atom stereocenters. The van der Waals surface area contributed by atoms with Crippen molar-refractivity contribution in [1.82, 2.24) is 10.2 Å². The third kappa shape index (κ3) is 2.70. The van der Waals surface area contributed by atoms with Gasteiger partial charge in [-0.05, 0) is 31.5 Å². The number of nitrogen functional groups attached to an aromatic ring is 1. The SMILES string of the molecule is CC1(C)C(=O)NCCN1C(=O)Cc1ccc(N)cc1. The molecule has 0 bridgehead atoms. The lowest BCUT2D eigenvalue weighted by molar-refractivity contribution is -0.148. The predicted molar refractivity (Wildman–Crippen MR) is 73.4 cm³/mol. The van der Waals surface area contributed by atoms with Crippen LogP contribution in [0, 0.1) is 0 Å². The molecule has 102 valence electrons. The van der Waals surface area contributed by atoms with Crippen LogP contribution in [0.15, 0.2) is 24.3 Å². The lowest BCUT2D eigenvalue weighted by Crippen LogP contribution is -2.63. The number of amides is 2. The number of nitrogens with two attached hydrogens (primary N) is 1. The predicted octanol–water partition coefficient (Wildman–Crippen LogP) is 0.548. The number of hydrogen-bond acceptors (Lipinski definition) is 3. The maximum Gasteiger partial charge on any atom is 0.245 e. The smallest absolute Gasteiger partial charge is 0.245 e. The summed E-state index contributed by atoms with van der Waals surface area (Å²) in [5.74, 6) is -0.144. The first-order valence-corrected chi connectivity index (χ1v) is 6.34. The Kier molecular flexibility index (Phi) is 3.46. The van der Waals surface area contributed by atoms with Gasteiger partial charge < -0.3 is 16.0 Å². The minimum absolute atomic E-state index is 0.0374. The Morgan fingerprint density at radius 2 is 2.00 bits per heavy atom. The first-order valence-electron chi connectivity index (χ1n) is 6.34. The molecular formula is C14H19N3O2. The molecule has 5 nitrogen and oxygen atoms in total. The van der Waals surface area contributed by atoms with E-state index in [1.165, 1.54) is 0 Å². The number of nitrogens with one attached hydrogen (secondary N) is 1. The van der Waals surface area contributed by atoms with Crippen molar-refractivity contribution in [2.45, 2.75) is 25.8 Å². The highest BCUT2D eigenvalue weighted by atomic mass is 16.2. The molecule has 1 aromatic carbocycles. The first-order chi connectivity index (χ1) is 8.91. The molecule has 3 N–H and O–H groups in total. The zero-order valence-corrected chi connectivity index (χ0v) is 11.3. The molecule has 5 heteroatoms. The molecule has 2 amide bonds. The van der Waals surface area contributed by atoms with Crippen LogP contribution in [0.3, 0.4) is 0 Å². The second-order valence-corrected chi connectivity index (χ2v) is 5.28. The summed E-state index contributed by atoms with van der Waals surface area (Å²) in [7, 11) is 0. The van der Waals surface area contributed by atoms with E-state index in [9.17, 15) is 9.59 Å². The lowest BCUT2D eigenvalue weighted by atomic mass is 9.97. The summed E-state index contributed by atoms with van der Waals surface area (Å²) in [5, 5.41) is 2.78. The zero-order chi connectivity index (χ0) is 14.0. The Morgan fingerprint density at radius 3 is 2.63 bits per heavy atom. The number of rotatable bonds is 2. The Morgan fingerprint density at radius 1 is 1.37 bits per heavy atom. The highest BCUT2D eigenvalue weighted by Gasteiger charge is 2.40. The van der Waals surface area contributed by atoms with Crippen LogP contribution < -0.4 is 11.1 Å². The fraction of sp³-hybridized carbons (Fsp3) is 0.429. The molecule has 2 rings (SSSR count). The number of carbonyl (C=O) groups excluding carboxylic acids is 2. The molecule has 19 heavy (non-hydrogen) atoms. The largest absolute Gasteiger partial charge is 0.399 e. The van der Waals surface area contributed by atoms with Crippen molar-refractivity contribution >= 4 is 17.5 Å². The molecule has 1 fully saturated rings. The second kappa shape index (κ2) is 4.91. The minimum Gasteiger partial charge on any atom is -0.399 e. The van der Waals surface area contributed by atoms with Crippen molar-refractivity contribution in [2.75, 3.05) is 18.8 Å². The Hall–Kier alpha value is -2.04. The van der Waals surface area contributed by atoms with Gasteiger partial charge in [0.1, 0.15) is 5.54 Å². The van der Waals surface area contributed by atoms with Crippen molar-refractivity contribution in [1.29, 1.82) is 0 Å². The third-order valence-corrected chi connectivity index (χ3v) is 3.49. The maximum atomic E-state index is 12.3. The average Bonchev–Trinajstić information content (AvgIpc) is 2.35. The fourth-order valence-electron chi connectivity index (χ4n) is 2.24. The number of anilines is 1. The Bertz CT molecular complexity index is 494. The van der Waals surface area contributed by atoms with Gasteiger partial charge in [0.05, 0.1) is 6.42 Å². The molecule has 0 saturated carbocycles. The molecule has 1 aliphatic rings. The highest BCUT2D eigenvalue weighted by Crippen LogP contribution is 2.19. The number of piperazine rings is 1. The normalized spacial score (nSPS) is 18.0. The molecule has 1 aliphatic heterocycles. The molecule has 0 aromatic heterocycles. The van der Waals surface area contributed by atoms with Gasteiger partial charge in [-0.15, -0.1) is 0 Å². The van der Waals surface area contributed by atoms with Gasteiger partial charge >= 0.3 is 0 Å². The molecular weight excluding hydrogens is 242 g/mol. The summed E-state index contributed by atoms with van der Waals surface area (Å²) in [4.78, 5) is 25.8. The fourth-order valence-corrected chi connectivity index (χ4v) is 2.24. The number of hydrogen-bond donors (Lipinski definition) is 2. The van der Waals surface area contributed by atoms with E-state index in [4.69, 9.17) is 5.73 Å². The molecule has 0 aliphatic carbocycles. The van der Waals surface area contributed by atoms with Crippen molar-refractivity contribution in [2.24, 2.45) is 0 Å². The van der Waals surface area contributed by atoms with Crippen molar-refractivity contribution in [3.63, 3.8) is 0 Å². The molecule has 0 unspecified atom stereocenters. The third-order valence-electron chi connectivity index (χ3n) is 3.49. The first kappa shape index (κ1) is 13.4. The Balaban J connectivity index is 2.11. The highest BCUT2D eigenvalue weighted by molar-refractivity contribution is 5.92. The number of benzene rings is 1. The van der Waals surface area contributed by atoms with Crippen molar-refractivity contribution in [3.05, 3.63) is 29.8 Å². The molecule has 0 spiro atoms. The number of carbonyl (C=O) groups is 2. The van der Waals surface area contributed by atoms with E-state index in [1.807, 2.05) is 12.1 Å². The van der Waals surface area contributed by atoms with Gasteiger partial charge in [0.15, 0.2) is 0 Å². The van der Waals surface area contributed by atoms with Crippen molar-refractivity contribution < 1.29 is 9.59 Å². The van der Waals surface area contributed by atoms with E-state index in [1.54, 1.807) is 30.9 Å². The Labute approximate surface area is 112 Å². The maximum absolute atomic E-state index is 12.3. The summed E-state index contributed by atoms with van der Waals surface area (Å²) >= 11 is 0. The molecule has 0 radical (unpaired) electrons. The van der Waals surface area contributed by atoms with Crippen LogP contribution in [-0.4, -0.2) is 35.3 Å². The van der Waals surface area contributed by atoms with Gasteiger partial charge in [0, 0.05) is 18.8 Å². The van der Waals surface area contributed by atoms with Crippen molar-refractivity contribution in [3.8, 4) is 0 Å². The molecule has 1 aromatic rings. The van der Waals surface area contributed by atoms with Crippen LogP contribution in [0.25, 0.3) is 0 Å². The summed E-state index contributed by atoms with van der Waals surface area (Å²) in [6, 6.07) is 7.22. The van der Waals surface area contributed by atoms with E-state index in [2.05, 4.69) is 5.32 Å². The topological polar surface area (TPSA) is 75.4 Å². The van der Waals surface area contributed by atoms with Gasteiger partial charge in [-0.25, -0.2) is 0 Å². The lowest BCUT2D eigenvalue weighted by Gasteiger charge is -2.41. The van der Waals surface area contributed by atoms with Crippen LogP contribution in [0.5, 0.6) is 0 Å². The van der Waals surface area contributed by atoms with Crippen LogP contribution in [0.4, 0.5) is 5.69 Å². The summed E-state index contributed by atoms with van der Waals surface area (Å²) in [5.41, 5.74) is 6.40. The van der Waals surface area contributed by atoms with Crippen LogP contribution in [0.2, 0.25) is 0 Å². The van der Waals surface area contributed by atoms with E-state index >= 15 is 0 Å². The quantitative estimate of drug-likeness (QED) is 0.763. The average molecular weight is 261 g/mol. The van der Waals surface area contributed by atoms with Gasteiger partial charge in [-0.3, -0.25) is 9.59 Å².